The van der Waals surface area contributed by atoms with Crippen LogP contribution in [0.1, 0.15) is 20.3 Å². The molecule has 0 saturated heterocycles. The van der Waals surface area contributed by atoms with Gasteiger partial charge < -0.3 is 19.7 Å². The zero-order valence-electron chi connectivity index (χ0n) is 13.6. The molecule has 9 nitrogen and oxygen atoms in total. The zero-order valence-corrected chi connectivity index (χ0v) is 13.6. The molecule has 0 saturated carbocycles. The van der Waals surface area contributed by atoms with Crippen LogP contribution in [0.15, 0.2) is 9.59 Å². The molecule has 2 aromatic heterocycles. The fourth-order valence-electron chi connectivity index (χ4n) is 2.28. The molecule has 0 atom stereocenters. The molecule has 0 aliphatic rings. The predicted octanol–water partition coefficient (Wildman–Crippen LogP) is -0.357. The van der Waals surface area contributed by atoms with Gasteiger partial charge in [-0.05, 0) is 20.3 Å². The maximum atomic E-state index is 12.1. The summed E-state index contributed by atoms with van der Waals surface area (Å²) in [6, 6.07) is 0. The van der Waals surface area contributed by atoms with Gasteiger partial charge in [0.15, 0.2) is 11.2 Å². The Balaban J connectivity index is 2.27. The monoisotopic (exact) mass is 325 g/mol. The van der Waals surface area contributed by atoms with E-state index in [-0.39, 0.29) is 30.4 Å². The molecule has 0 aromatic carbocycles. The Hall–Kier alpha value is -2.13. The highest BCUT2D eigenvalue weighted by Gasteiger charge is 2.16. The second-order valence-corrected chi connectivity index (χ2v) is 5.50. The van der Waals surface area contributed by atoms with Crippen LogP contribution in [0.3, 0.4) is 0 Å². The second kappa shape index (κ2) is 7.42. The lowest BCUT2D eigenvalue weighted by Crippen LogP contribution is -2.29. The maximum Gasteiger partial charge on any atom is 0.329 e. The Kier molecular flexibility index (Phi) is 5.56. The maximum absolute atomic E-state index is 12.1. The summed E-state index contributed by atoms with van der Waals surface area (Å²) in [6.45, 7) is 5.24. The number of hydrogen-bond donors (Lipinski definition) is 3. The molecular weight excluding hydrogens is 302 g/mol. The number of rotatable bonds is 8. The van der Waals surface area contributed by atoms with Crippen LogP contribution in [0, 0.1) is 0 Å². The first-order valence-electron chi connectivity index (χ1n) is 7.61. The molecule has 2 aromatic rings. The first kappa shape index (κ1) is 17.2. The van der Waals surface area contributed by atoms with Gasteiger partial charge in [0.25, 0.3) is 5.56 Å². The van der Waals surface area contributed by atoms with E-state index in [2.05, 4.69) is 15.3 Å². The van der Waals surface area contributed by atoms with Gasteiger partial charge in [-0.25, -0.2) is 4.79 Å². The summed E-state index contributed by atoms with van der Waals surface area (Å²) in [5, 5.41) is 12.4. The molecule has 0 bridgehead atoms. The largest absolute Gasteiger partial charge is 0.395 e. The number of aliphatic hydroxyl groups excluding tert-OH is 1. The number of imidazole rings is 1. The van der Waals surface area contributed by atoms with Crippen LogP contribution in [0.4, 0.5) is 5.95 Å². The lowest BCUT2D eigenvalue weighted by Gasteiger charge is -2.10. The van der Waals surface area contributed by atoms with E-state index in [1.165, 1.54) is 11.6 Å². The number of nitrogens with zero attached hydrogens (tertiary/aromatic N) is 3. The molecule has 2 heterocycles. The molecule has 0 radical (unpaired) electrons. The summed E-state index contributed by atoms with van der Waals surface area (Å²) >= 11 is 0. The van der Waals surface area contributed by atoms with E-state index in [4.69, 9.17) is 4.74 Å². The molecule has 0 fully saturated rings. The summed E-state index contributed by atoms with van der Waals surface area (Å²) in [6.07, 6.45) is 0.956. The lowest BCUT2D eigenvalue weighted by molar-refractivity contribution is 0.0787. The Morgan fingerprint density at radius 2 is 2.13 bits per heavy atom. The average molecular weight is 325 g/mol. The zero-order chi connectivity index (χ0) is 17.0. The molecule has 128 valence electrons. The van der Waals surface area contributed by atoms with Gasteiger partial charge in [0.05, 0.1) is 12.7 Å². The SMILES string of the molecule is CC(C)OCCCNc1nc2c(c(=O)[nH]c(=O)n2C)n1CCO. The minimum atomic E-state index is -0.520. The molecule has 0 spiro atoms. The Bertz CT molecular complexity index is 774. The van der Waals surface area contributed by atoms with Gasteiger partial charge in [-0.15, -0.1) is 0 Å². The number of ether oxygens (including phenoxy) is 1. The number of aliphatic hydroxyl groups is 1. The van der Waals surface area contributed by atoms with Gasteiger partial charge >= 0.3 is 5.69 Å². The molecule has 0 unspecified atom stereocenters. The minimum absolute atomic E-state index is 0.140. The smallest absolute Gasteiger partial charge is 0.329 e. The van der Waals surface area contributed by atoms with Crippen molar-refractivity contribution in [3.8, 4) is 0 Å². The van der Waals surface area contributed by atoms with Crippen molar-refractivity contribution in [2.75, 3.05) is 25.1 Å². The second-order valence-electron chi connectivity index (χ2n) is 5.50. The van der Waals surface area contributed by atoms with Crippen LogP contribution in [0.5, 0.6) is 0 Å². The summed E-state index contributed by atoms with van der Waals surface area (Å²) in [7, 11) is 1.54. The van der Waals surface area contributed by atoms with Crippen LogP contribution < -0.4 is 16.6 Å². The molecule has 2 rings (SSSR count). The Morgan fingerprint density at radius 1 is 1.39 bits per heavy atom. The summed E-state index contributed by atoms with van der Waals surface area (Å²) < 4.78 is 8.32. The fourth-order valence-corrected chi connectivity index (χ4v) is 2.28. The van der Waals surface area contributed by atoms with Gasteiger partial charge in [-0.2, -0.15) is 4.98 Å². The molecule has 0 aliphatic carbocycles. The van der Waals surface area contributed by atoms with Gasteiger partial charge in [0.2, 0.25) is 5.95 Å². The highest BCUT2D eigenvalue weighted by molar-refractivity contribution is 5.74. The van der Waals surface area contributed by atoms with Gasteiger partial charge in [-0.3, -0.25) is 14.3 Å². The van der Waals surface area contributed by atoms with E-state index < -0.39 is 11.2 Å². The van der Waals surface area contributed by atoms with Gasteiger partial charge in [0, 0.05) is 26.7 Å². The van der Waals surface area contributed by atoms with Crippen molar-refractivity contribution in [1.29, 1.82) is 0 Å². The third kappa shape index (κ3) is 3.80. The third-order valence-corrected chi connectivity index (χ3v) is 3.39. The number of anilines is 1. The first-order chi connectivity index (χ1) is 11.0. The summed E-state index contributed by atoms with van der Waals surface area (Å²) in [5.41, 5.74) is -0.483. The van der Waals surface area contributed by atoms with Crippen molar-refractivity contribution in [2.24, 2.45) is 7.05 Å². The van der Waals surface area contributed by atoms with E-state index in [1.54, 1.807) is 4.57 Å². The van der Waals surface area contributed by atoms with Crippen LogP contribution in [-0.2, 0) is 18.3 Å². The average Bonchev–Trinajstić information content (AvgIpc) is 2.84. The normalized spacial score (nSPS) is 11.5. The van der Waals surface area contributed by atoms with Crippen molar-refractivity contribution >= 4 is 17.1 Å². The molecule has 23 heavy (non-hydrogen) atoms. The standard InChI is InChI=1S/C14H23N5O4/c1-9(2)23-8-4-5-15-13-16-11-10(19(13)6-7-20)12(21)17-14(22)18(11)3/h9,20H,4-8H2,1-3H3,(H,15,16)(H,17,21,22). The quantitative estimate of drug-likeness (QED) is 0.571. The van der Waals surface area contributed by atoms with E-state index >= 15 is 0 Å². The highest BCUT2D eigenvalue weighted by atomic mass is 16.5. The van der Waals surface area contributed by atoms with E-state index in [0.29, 0.717) is 19.1 Å². The van der Waals surface area contributed by atoms with Crippen LogP contribution in [-0.4, -0.2) is 50.1 Å². The van der Waals surface area contributed by atoms with E-state index in [9.17, 15) is 14.7 Å². The van der Waals surface area contributed by atoms with Crippen LogP contribution in [0.2, 0.25) is 0 Å². The van der Waals surface area contributed by atoms with Crippen molar-refractivity contribution in [3.63, 3.8) is 0 Å². The number of nitrogens with one attached hydrogen (secondary N) is 2. The summed E-state index contributed by atoms with van der Waals surface area (Å²) in [4.78, 5) is 30.3. The van der Waals surface area contributed by atoms with Crippen molar-refractivity contribution in [2.45, 2.75) is 32.9 Å². The summed E-state index contributed by atoms with van der Waals surface area (Å²) in [5.74, 6) is 0.449. The number of aromatic amines is 1. The van der Waals surface area contributed by atoms with Crippen LogP contribution >= 0.6 is 0 Å². The van der Waals surface area contributed by atoms with Gasteiger partial charge in [0.1, 0.15) is 0 Å². The van der Waals surface area contributed by atoms with E-state index in [0.717, 1.165) is 6.42 Å². The fraction of sp³-hybridized carbons (Fsp3) is 0.643. The molecule has 3 N–H and O–H groups in total. The Labute approximate surface area is 132 Å². The number of H-pyrrole nitrogens is 1. The third-order valence-electron chi connectivity index (χ3n) is 3.39. The number of aryl methyl sites for hydroxylation is 1. The number of fused-ring (bicyclic) bond motifs is 1. The minimum Gasteiger partial charge on any atom is -0.395 e. The topological polar surface area (TPSA) is 114 Å². The van der Waals surface area contributed by atoms with E-state index in [1.807, 2.05) is 13.8 Å². The number of aromatic nitrogens is 4. The van der Waals surface area contributed by atoms with Crippen molar-refractivity contribution in [3.05, 3.63) is 20.8 Å². The van der Waals surface area contributed by atoms with Crippen LogP contribution in [0.25, 0.3) is 11.2 Å². The Morgan fingerprint density at radius 3 is 2.78 bits per heavy atom. The predicted molar refractivity (Wildman–Crippen MR) is 86.9 cm³/mol. The molecule has 0 amide bonds. The molecular formula is C14H23N5O4. The van der Waals surface area contributed by atoms with Crippen molar-refractivity contribution < 1.29 is 9.84 Å². The molecule has 9 heteroatoms. The number of hydrogen-bond acceptors (Lipinski definition) is 6. The first-order valence-corrected chi connectivity index (χ1v) is 7.61. The lowest BCUT2D eigenvalue weighted by atomic mass is 10.4. The highest BCUT2D eigenvalue weighted by Crippen LogP contribution is 2.14. The molecule has 0 aliphatic heterocycles. The van der Waals surface area contributed by atoms with Gasteiger partial charge in [-0.1, -0.05) is 0 Å². The van der Waals surface area contributed by atoms with Crippen molar-refractivity contribution in [1.82, 2.24) is 19.1 Å².